The van der Waals surface area contributed by atoms with Crippen LogP contribution in [0.4, 0.5) is 10.2 Å². The number of phosphoric ester groups is 1. The number of fused-ring (bicyclic) bond motifs is 1. The van der Waals surface area contributed by atoms with Gasteiger partial charge in [-0.05, 0) is 0 Å². The van der Waals surface area contributed by atoms with Crippen LogP contribution in [0.1, 0.15) is 12.6 Å². The molecule has 3 heterocycles. The SMILES string of the molecule is Nc1nc(=O)n([C@H]2CC3COP(=O)(O)OCC3O2)cc1F. The molecule has 2 saturated heterocycles. The number of nitrogens with zero attached hydrogens (tertiary/aromatic N) is 2. The number of phosphoric acid groups is 1. The second-order valence-corrected chi connectivity index (χ2v) is 6.30. The van der Waals surface area contributed by atoms with Gasteiger partial charge in [-0.2, -0.15) is 4.98 Å². The zero-order chi connectivity index (χ0) is 15.2. The minimum absolute atomic E-state index is 0.0470. The molecular formula is C10H13FN3O6P. The van der Waals surface area contributed by atoms with Crippen LogP contribution in [0.3, 0.4) is 0 Å². The first-order valence-electron chi connectivity index (χ1n) is 6.17. The molecule has 4 atom stereocenters. The standard InChI is InChI=1S/C10H13FN3O6P/c11-6-2-14(10(15)13-9(6)12)8-1-5-3-18-21(16,17)19-4-7(5)20-8/h2,5,7-8H,1,3-4H2,(H,16,17)(H2,12,13,15)/t5?,7?,8-/m1/s1. The van der Waals surface area contributed by atoms with Crippen LogP contribution in [0.5, 0.6) is 0 Å². The Hall–Kier alpha value is -1.32. The number of rotatable bonds is 1. The van der Waals surface area contributed by atoms with Gasteiger partial charge in [0.2, 0.25) is 0 Å². The van der Waals surface area contributed by atoms with Crippen molar-refractivity contribution in [3.05, 3.63) is 22.5 Å². The van der Waals surface area contributed by atoms with Crippen LogP contribution >= 0.6 is 7.82 Å². The third-order valence-electron chi connectivity index (χ3n) is 3.46. The van der Waals surface area contributed by atoms with Gasteiger partial charge in [0, 0.05) is 12.3 Å². The molecule has 3 unspecified atom stereocenters. The molecular weight excluding hydrogens is 308 g/mol. The van der Waals surface area contributed by atoms with E-state index in [4.69, 9.17) is 19.5 Å². The van der Waals surface area contributed by atoms with E-state index in [1.165, 1.54) is 0 Å². The van der Waals surface area contributed by atoms with Crippen LogP contribution in [0.25, 0.3) is 0 Å². The Morgan fingerprint density at radius 3 is 2.95 bits per heavy atom. The summed E-state index contributed by atoms with van der Waals surface area (Å²) in [5.41, 5.74) is 4.49. The number of anilines is 1. The summed E-state index contributed by atoms with van der Waals surface area (Å²) < 4.78 is 40.8. The molecule has 3 rings (SSSR count). The average molecular weight is 321 g/mol. The largest absolute Gasteiger partial charge is 0.472 e. The number of aromatic nitrogens is 2. The predicted octanol–water partition coefficient (Wildman–Crippen LogP) is 0.0155. The van der Waals surface area contributed by atoms with Crippen LogP contribution in [0.15, 0.2) is 11.0 Å². The highest BCUT2D eigenvalue weighted by Crippen LogP contribution is 2.49. The molecule has 21 heavy (non-hydrogen) atoms. The summed E-state index contributed by atoms with van der Waals surface area (Å²) in [6.07, 6.45) is -0.0398. The molecule has 2 aliphatic rings. The minimum atomic E-state index is -4.04. The molecule has 2 fully saturated rings. The smallest absolute Gasteiger partial charge is 0.381 e. The highest BCUT2D eigenvalue weighted by molar-refractivity contribution is 7.47. The van der Waals surface area contributed by atoms with E-state index >= 15 is 0 Å². The molecule has 1 aromatic rings. The van der Waals surface area contributed by atoms with Crippen LogP contribution in [0, 0.1) is 11.7 Å². The Morgan fingerprint density at radius 2 is 2.19 bits per heavy atom. The second-order valence-electron chi connectivity index (χ2n) is 4.85. The van der Waals surface area contributed by atoms with E-state index in [0.29, 0.717) is 6.42 Å². The number of hydrogen-bond acceptors (Lipinski definition) is 7. The number of nitrogens with two attached hydrogens (primary N) is 1. The molecule has 0 saturated carbocycles. The van der Waals surface area contributed by atoms with Crippen LogP contribution in [-0.2, 0) is 18.3 Å². The van der Waals surface area contributed by atoms with E-state index in [2.05, 4.69) is 4.98 Å². The first-order chi connectivity index (χ1) is 9.85. The monoisotopic (exact) mass is 321 g/mol. The van der Waals surface area contributed by atoms with Crippen molar-refractivity contribution in [1.82, 2.24) is 9.55 Å². The van der Waals surface area contributed by atoms with Gasteiger partial charge in [-0.25, -0.2) is 13.8 Å². The van der Waals surface area contributed by atoms with Crippen molar-refractivity contribution in [1.29, 1.82) is 0 Å². The van der Waals surface area contributed by atoms with Crippen molar-refractivity contribution in [2.75, 3.05) is 18.9 Å². The molecule has 0 bridgehead atoms. The fourth-order valence-corrected chi connectivity index (χ4v) is 3.16. The summed E-state index contributed by atoms with van der Waals surface area (Å²) in [5.74, 6) is -1.54. The van der Waals surface area contributed by atoms with Crippen molar-refractivity contribution < 1.29 is 27.6 Å². The topological polar surface area (TPSA) is 126 Å². The van der Waals surface area contributed by atoms with E-state index in [1.54, 1.807) is 0 Å². The van der Waals surface area contributed by atoms with Gasteiger partial charge in [-0.1, -0.05) is 0 Å². The molecule has 0 radical (unpaired) electrons. The summed E-state index contributed by atoms with van der Waals surface area (Å²) >= 11 is 0. The molecule has 9 nitrogen and oxygen atoms in total. The van der Waals surface area contributed by atoms with Crippen LogP contribution < -0.4 is 11.4 Å². The number of nitrogen functional groups attached to an aromatic ring is 1. The summed E-state index contributed by atoms with van der Waals surface area (Å²) in [5, 5.41) is 0. The summed E-state index contributed by atoms with van der Waals surface area (Å²) in [6, 6.07) is 0. The number of hydrogen-bond donors (Lipinski definition) is 2. The van der Waals surface area contributed by atoms with Gasteiger partial charge in [0.05, 0.1) is 25.5 Å². The van der Waals surface area contributed by atoms with Crippen molar-refractivity contribution in [3.8, 4) is 0 Å². The quantitative estimate of drug-likeness (QED) is 0.693. The van der Waals surface area contributed by atoms with Gasteiger partial charge in [-0.15, -0.1) is 0 Å². The molecule has 1 aromatic heterocycles. The van der Waals surface area contributed by atoms with E-state index in [0.717, 1.165) is 10.8 Å². The Bertz CT molecular complexity index is 647. The Labute approximate surface area is 118 Å². The molecule has 0 aromatic carbocycles. The first kappa shape index (κ1) is 14.6. The van der Waals surface area contributed by atoms with Crippen molar-refractivity contribution >= 4 is 13.6 Å². The van der Waals surface area contributed by atoms with E-state index < -0.39 is 37.5 Å². The molecule has 0 aliphatic carbocycles. The van der Waals surface area contributed by atoms with E-state index in [9.17, 15) is 18.6 Å². The highest BCUT2D eigenvalue weighted by Gasteiger charge is 2.42. The lowest BCUT2D eigenvalue weighted by Gasteiger charge is -2.16. The highest BCUT2D eigenvalue weighted by atomic mass is 31.2. The Kier molecular flexibility index (Phi) is 3.58. The van der Waals surface area contributed by atoms with E-state index in [1.807, 2.05) is 0 Å². The predicted molar refractivity (Wildman–Crippen MR) is 66.6 cm³/mol. The van der Waals surface area contributed by atoms with Crippen LogP contribution in [0.2, 0.25) is 0 Å². The van der Waals surface area contributed by atoms with Gasteiger partial charge >= 0.3 is 13.5 Å². The second kappa shape index (κ2) is 5.15. The summed E-state index contributed by atoms with van der Waals surface area (Å²) in [6.45, 7) is -0.191. The third-order valence-corrected chi connectivity index (χ3v) is 4.41. The van der Waals surface area contributed by atoms with Crippen molar-refractivity contribution in [3.63, 3.8) is 0 Å². The summed E-state index contributed by atoms with van der Waals surface area (Å²) in [7, 11) is -4.04. The maximum absolute atomic E-state index is 13.4. The summed E-state index contributed by atoms with van der Waals surface area (Å²) in [4.78, 5) is 24.3. The zero-order valence-electron chi connectivity index (χ0n) is 10.7. The molecule has 11 heteroatoms. The zero-order valence-corrected chi connectivity index (χ0v) is 11.6. The maximum atomic E-state index is 13.4. The van der Waals surface area contributed by atoms with Crippen molar-refractivity contribution in [2.45, 2.75) is 18.8 Å². The Balaban J connectivity index is 1.81. The maximum Gasteiger partial charge on any atom is 0.472 e. The van der Waals surface area contributed by atoms with Crippen molar-refractivity contribution in [2.24, 2.45) is 5.92 Å². The first-order valence-corrected chi connectivity index (χ1v) is 7.67. The third kappa shape index (κ3) is 2.85. The lowest BCUT2D eigenvalue weighted by molar-refractivity contribution is -0.0264. The minimum Gasteiger partial charge on any atom is -0.381 e. The fraction of sp³-hybridized carbons (Fsp3) is 0.600. The molecule has 0 spiro atoms. The van der Waals surface area contributed by atoms with Gasteiger partial charge in [0.1, 0.15) is 6.23 Å². The molecule has 116 valence electrons. The van der Waals surface area contributed by atoms with Gasteiger partial charge < -0.3 is 15.4 Å². The van der Waals surface area contributed by atoms with Crippen LogP contribution in [-0.4, -0.2) is 33.8 Å². The van der Waals surface area contributed by atoms with Gasteiger partial charge in [0.25, 0.3) is 0 Å². The number of halogens is 1. The lowest BCUT2D eigenvalue weighted by atomic mass is 10.0. The molecule has 2 aliphatic heterocycles. The Morgan fingerprint density at radius 1 is 1.48 bits per heavy atom. The van der Waals surface area contributed by atoms with Gasteiger partial charge in [-0.3, -0.25) is 13.6 Å². The molecule has 3 N–H and O–H groups in total. The number of ether oxygens (including phenoxy) is 1. The molecule has 0 amide bonds. The normalized spacial score (nSPS) is 36.2. The van der Waals surface area contributed by atoms with E-state index in [-0.39, 0.29) is 19.1 Å². The fourth-order valence-electron chi connectivity index (χ4n) is 2.37. The lowest BCUT2D eigenvalue weighted by Crippen LogP contribution is -2.29. The van der Waals surface area contributed by atoms with Gasteiger partial charge in [0.15, 0.2) is 11.6 Å². The average Bonchev–Trinajstić information content (AvgIpc) is 2.76.